The Balaban J connectivity index is 2.17. The Morgan fingerprint density at radius 3 is 2.69 bits per heavy atom. The SMILES string of the molecule is NNC(=O)C1CCN(c2ccccc2)C1=O. The van der Waals surface area contributed by atoms with E-state index in [9.17, 15) is 9.59 Å². The number of carbonyl (C=O) groups is 2. The number of benzene rings is 1. The van der Waals surface area contributed by atoms with Crippen LogP contribution in [0.3, 0.4) is 0 Å². The number of carbonyl (C=O) groups excluding carboxylic acids is 2. The van der Waals surface area contributed by atoms with Gasteiger partial charge in [-0.15, -0.1) is 0 Å². The van der Waals surface area contributed by atoms with E-state index in [1.807, 2.05) is 35.8 Å². The molecule has 0 spiro atoms. The van der Waals surface area contributed by atoms with Crippen LogP contribution >= 0.6 is 0 Å². The highest BCUT2D eigenvalue weighted by Crippen LogP contribution is 2.24. The van der Waals surface area contributed by atoms with Crippen molar-refractivity contribution in [2.24, 2.45) is 11.8 Å². The zero-order valence-corrected chi connectivity index (χ0v) is 8.72. The van der Waals surface area contributed by atoms with E-state index in [4.69, 9.17) is 5.84 Å². The van der Waals surface area contributed by atoms with Crippen molar-refractivity contribution in [3.8, 4) is 0 Å². The van der Waals surface area contributed by atoms with Crippen molar-refractivity contribution in [2.75, 3.05) is 11.4 Å². The van der Waals surface area contributed by atoms with E-state index < -0.39 is 11.8 Å². The summed E-state index contributed by atoms with van der Waals surface area (Å²) < 4.78 is 0. The van der Waals surface area contributed by atoms with Crippen LogP contribution in [0.25, 0.3) is 0 Å². The number of nitrogens with two attached hydrogens (primary N) is 1. The van der Waals surface area contributed by atoms with E-state index in [0.29, 0.717) is 13.0 Å². The van der Waals surface area contributed by atoms with E-state index in [-0.39, 0.29) is 5.91 Å². The smallest absolute Gasteiger partial charge is 0.246 e. The first-order valence-corrected chi connectivity index (χ1v) is 5.11. The van der Waals surface area contributed by atoms with Gasteiger partial charge in [0.05, 0.1) is 0 Å². The molecule has 1 aromatic carbocycles. The van der Waals surface area contributed by atoms with Gasteiger partial charge in [0, 0.05) is 12.2 Å². The van der Waals surface area contributed by atoms with Gasteiger partial charge in [-0.1, -0.05) is 18.2 Å². The molecule has 1 aromatic rings. The maximum atomic E-state index is 11.9. The molecule has 1 saturated heterocycles. The lowest BCUT2D eigenvalue weighted by Crippen LogP contribution is -2.40. The topological polar surface area (TPSA) is 75.4 Å². The fraction of sp³-hybridized carbons (Fsp3) is 0.273. The molecular formula is C11H13N3O2. The summed E-state index contributed by atoms with van der Waals surface area (Å²) in [5.74, 6) is 3.78. The summed E-state index contributed by atoms with van der Waals surface area (Å²) in [6, 6.07) is 9.30. The van der Waals surface area contributed by atoms with Gasteiger partial charge in [-0.25, -0.2) is 5.84 Å². The van der Waals surface area contributed by atoms with Crippen molar-refractivity contribution < 1.29 is 9.59 Å². The molecule has 1 aliphatic rings. The highest BCUT2D eigenvalue weighted by molar-refractivity contribution is 6.09. The van der Waals surface area contributed by atoms with Gasteiger partial charge in [0.15, 0.2) is 0 Å². The maximum absolute atomic E-state index is 11.9. The average molecular weight is 219 g/mol. The van der Waals surface area contributed by atoms with Crippen molar-refractivity contribution in [1.82, 2.24) is 5.43 Å². The first-order chi connectivity index (χ1) is 7.74. The van der Waals surface area contributed by atoms with E-state index >= 15 is 0 Å². The van der Waals surface area contributed by atoms with Crippen LogP contribution in [0.15, 0.2) is 30.3 Å². The normalized spacial score (nSPS) is 19.9. The molecule has 16 heavy (non-hydrogen) atoms. The zero-order chi connectivity index (χ0) is 11.5. The summed E-state index contributed by atoms with van der Waals surface area (Å²) in [7, 11) is 0. The van der Waals surface area contributed by atoms with Crippen LogP contribution in [0.4, 0.5) is 5.69 Å². The van der Waals surface area contributed by atoms with Gasteiger partial charge in [0.25, 0.3) is 0 Å². The monoisotopic (exact) mass is 219 g/mol. The van der Waals surface area contributed by atoms with Crippen LogP contribution in [0.2, 0.25) is 0 Å². The summed E-state index contributed by atoms with van der Waals surface area (Å²) in [5.41, 5.74) is 2.84. The molecule has 1 unspecified atom stereocenters. The summed E-state index contributed by atoms with van der Waals surface area (Å²) in [6.45, 7) is 0.556. The van der Waals surface area contributed by atoms with Crippen LogP contribution in [0.1, 0.15) is 6.42 Å². The Hall–Kier alpha value is -1.88. The lowest BCUT2D eigenvalue weighted by molar-refractivity contribution is -0.132. The first-order valence-electron chi connectivity index (χ1n) is 5.11. The highest BCUT2D eigenvalue weighted by Gasteiger charge is 2.37. The number of hydrazine groups is 1. The average Bonchev–Trinajstić information content (AvgIpc) is 2.71. The van der Waals surface area contributed by atoms with Crippen LogP contribution in [0, 0.1) is 5.92 Å². The second kappa shape index (κ2) is 4.32. The van der Waals surface area contributed by atoms with Crippen LogP contribution in [-0.4, -0.2) is 18.4 Å². The van der Waals surface area contributed by atoms with E-state index in [1.165, 1.54) is 0 Å². The van der Waals surface area contributed by atoms with Crippen molar-refractivity contribution >= 4 is 17.5 Å². The van der Waals surface area contributed by atoms with Gasteiger partial charge in [0.1, 0.15) is 5.92 Å². The van der Waals surface area contributed by atoms with Gasteiger partial charge < -0.3 is 4.90 Å². The zero-order valence-electron chi connectivity index (χ0n) is 8.72. The Morgan fingerprint density at radius 1 is 1.38 bits per heavy atom. The lowest BCUT2D eigenvalue weighted by Gasteiger charge is -2.16. The van der Waals surface area contributed by atoms with Gasteiger partial charge in [0.2, 0.25) is 11.8 Å². The second-order valence-corrected chi connectivity index (χ2v) is 3.68. The number of anilines is 1. The van der Waals surface area contributed by atoms with Crippen LogP contribution < -0.4 is 16.2 Å². The Labute approximate surface area is 93.2 Å². The number of rotatable bonds is 2. The molecule has 5 heteroatoms. The van der Waals surface area contributed by atoms with E-state index in [2.05, 4.69) is 0 Å². The van der Waals surface area contributed by atoms with Crippen LogP contribution in [0.5, 0.6) is 0 Å². The number of hydrogen-bond donors (Lipinski definition) is 2. The molecular weight excluding hydrogens is 206 g/mol. The molecule has 0 aliphatic carbocycles. The molecule has 1 heterocycles. The van der Waals surface area contributed by atoms with E-state index in [1.54, 1.807) is 4.90 Å². The Morgan fingerprint density at radius 2 is 2.06 bits per heavy atom. The minimum Gasteiger partial charge on any atom is -0.312 e. The molecule has 1 aliphatic heterocycles. The first kappa shape index (κ1) is 10.6. The second-order valence-electron chi connectivity index (χ2n) is 3.68. The molecule has 1 fully saturated rings. The van der Waals surface area contributed by atoms with Crippen LogP contribution in [-0.2, 0) is 9.59 Å². The molecule has 0 aromatic heterocycles. The molecule has 84 valence electrons. The van der Waals surface area contributed by atoms with Crippen molar-refractivity contribution in [3.05, 3.63) is 30.3 Å². The number of hydrogen-bond acceptors (Lipinski definition) is 3. The number of nitrogens with one attached hydrogen (secondary N) is 1. The molecule has 5 nitrogen and oxygen atoms in total. The molecule has 0 radical (unpaired) electrons. The highest BCUT2D eigenvalue weighted by atomic mass is 16.2. The maximum Gasteiger partial charge on any atom is 0.246 e. The molecule has 2 amide bonds. The molecule has 2 rings (SSSR count). The Bertz CT molecular complexity index is 405. The Kier molecular flexibility index (Phi) is 2.87. The van der Waals surface area contributed by atoms with Gasteiger partial charge in [-0.3, -0.25) is 15.0 Å². The predicted octanol–water partition coefficient (Wildman–Crippen LogP) is 0.0294. The molecule has 1 atom stereocenters. The number of amides is 2. The summed E-state index contributed by atoms with van der Waals surface area (Å²) in [6.07, 6.45) is 0.511. The number of para-hydroxylation sites is 1. The largest absolute Gasteiger partial charge is 0.312 e. The summed E-state index contributed by atoms with van der Waals surface area (Å²) >= 11 is 0. The number of nitrogens with zero attached hydrogens (tertiary/aromatic N) is 1. The van der Waals surface area contributed by atoms with Gasteiger partial charge in [-0.2, -0.15) is 0 Å². The van der Waals surface area contributed by atoms with E-state index in [0.717, 1.165) is 5.69 Å². The minimum atomic E-state index is -0.648. The fourth-order valence-corrected chi connectivity index (χ4v) is 1.89. The molecule has 0 bridgehead atoms. The standard InChI is InChI=1S/C11H13N3O2/c12-13-10(15)9-6-7-14(11(9)16)8-4-2-1-3-5-8/h1-5,9H,6-7,12H2,(H,13,15). The van der Waals surface area contributed by atoms with Gasteiger partial charge in [-0.05, 0) is 18.6 Å². The fourth-order valence-electron chi connectivity index (χ4n) is 1.89. The predicted molar refractivity (Wildman–Crippen MR) is 59.2 cm³/mol. The third-order valence-corrected chi connectivity index (χ3v) is 2.73. The summed E-state index contributed by atoms with van der Waals surface area (Å²) in [5, 5.41) is 0. The summed E-state index contributed by atoms with van der Waals surface area (Å²) in [4.78, 5) is 24.8. The van der Waals surface area contributed by atoms with Gasteiger partial charge >= 0.3 is 0 Å². The lowest BCUT2D eigenvalue weighted by atomic mass is 10.1. The quantitative estimate of drug-likeness (QED) is 0.319. The molecule has 3 N–H and O–H groups in total. The van der Waals surface area contributed by atoms with Crippen molar-refractivity contribution in [1.29, 1.82) is 0 Å². The molecule has 0 saturated carbocycles. The third-order valence-electron chi connectivity index (χ3n) is 2.73. The van der Waals surface area contributed by atoms with Crippen molar-refractivity contribution in [3.63, 3.8) is 0 Å². The van der Waals surface area contributed by atoms with Crippen molar-refractivity contribution in [2.45, 2.75) is 6.42 Å². The third kappa shape index (κ3) is 1.77. The minimum absolute atomic E-state index is 0.186.